The molecule has 1 aliphatic rings. The van der Waals surface area contributed by atoms with Gasteiger partial charge in [-0.2, -0.15) is 17.4 Å². The van der Waals surface area contributed by atoms with Crippen LogP contribution < -0.4 is 10.0 Å². The Bertz CT molecular complexity index is 295. The molecule has 6 heteroatoms. The molecular weight excluding hydrogens is 226 g/mol. The van der Waals surface area contributed by atoms with Crippen LogP contribution in [0.3, 0.4) is 0 Å². The van der Waals surface area contributed by atoms with Crippen molar-refractivity contribution in [3.8, 4) is 0 Å². The van der Waals surface area contributed by atoms with E-state index >= 15 is 0 Å². The summed E-state index contributed by atoms with van der Waals surface area (Å²) in [5, 5.41) is 3.28. The first kappa shape index (κ1) is 13.9. The van der Waals surface area contributed by atoms with E-state index in [0.29, 0.717) is 0 Å². The third-order valence-corrected chi connectivity index (χ3v) is 4.65. The van der Waals surface area contributed by atoms with Crippen LogP contribution in [0, 0.1) is 0 Å². The second kappa shape index (κ2) is 5.95. The van der Waals surface area contributed by atoms with E-state index in [1.54, 1.807) is 7.05 Å². The lowest BCUT2D eigenvalue weighted by molar-refractivity contribution is 0.335. The molecule has 1 rings (SSSR count). The number of nitrogens with zero attached hydrogens (tertiary/aromatic N) is 1. The molecule has 0 saturated carbocycles. The summed E-state index contributed by atoms with van der Waals surface area (Å²) in [4.78, 5) is 0. The Kier molecular flexibility index (Phi) is 5.17. The summed E-state index contributed by atoms with van der Waals surface area (Å²) in [6, 6.07) is 0.0580. The maximum Gasteiger partial charge on any atom is 0.279 e. The molecule has 5 nitrogen and oxygen atoms in total. The molecular formula is C10H23N3O2S. The lowest BCUT2D eigenvalue weighted by Crippen LogP contribution is -2.46. The molecule has 0 aromatic carbocycles. The van der Waals surface area contributed by atoms with E-state index in [-0.39, 0.29) is 12.1 Å². The van der Waals surface area contributed by atoms with Crippen LogP contribution in [0.1, 0.15) is 33.1 Å². The zero-order valence-electron chi connectivity index (χ0n) is 10.4. The highest BCUT2D eigenvalue weighted by Gasteiger charge is 2.26. The molecule has 0 radical (unpaired) electrons. The van der Waals surface area contributed by atoms with Gasteiger partial charge in [-0.05, 0) is 46.2 Å². The van der Waals surface area contributed by atoms with Gasteiger partial charge in [-0.25, -0.2) is 0 Å². The third-order valence-electron chi connectivity index (χ3n) is 2.82. The fourth-order valence-electron chi connectivity index (χ4n) is 1.94. The quantitative estimate of drug-likeness (QED) is 0.753. The van der Waals surface area contributed by atoms with Gasteiger partial charge in [0.2, 0.25) is 0 Å². The van der Waals surface area contributed by atoms with Crippen LogP contribution in [0.15, 0.2) is 0 Å². The van der Waals surface area contributed by atoms with Crippen LogP contribution in [0.2, 0.25) is 0 Å². The molecule has 2 N–H and O–H groups in total. The summed E-state index contributed by atoms with van der Waals surface area (Å²) in [5.41, 5.74) is 0. The molecule has 1 fully saturated rings. The summed E-state index contributed by atoms with van der Waals surface area (Å²) in [6.07, 6.45) is 2.85. The fourth-order valence-corrected chi connectivity index (χ4v) is 3.31. The molecule has 1 aliphatic heterocycles. The highest BCUT2D eigenvalue weighted by atomic mass is 32.2. The lowest BCUT2D eigenvalue weighted by atomic mass is 10.1. The molecule has 96 valence electrons. The second-order valence-electron chi connectivity index (χ2n) is 4.63. The summed E-state index contributed by atoms with van der Waals surface area (Å²) in [5.74, 6) is 0. The van der Waals surface area contributed by atoms with Crippen LogP contribution in [0.25, 0.3) is 0 Å². The average Bonchev–Trinajstić information content (AvgIpc) is 2.42. The molecule has 0 aliphatic carbocycles. The number of hydrogen-bond acceptors (Lipinski definition) is 3. The average molecular weight is 249 g/mol. The van der Waals surface area contributed by atoms with E-state index in [1.165, 1.54) is 4.31 Å². The minimum absolute atomic E-state index is 0.0589. The van der Waals surface area contributed by atoms with E-state index in [2.05, 4.69) is 10.0 Å². The van der Waals surface area contributed by atoms with E-state index < -0.39 is 10.2 Å². The maximum absolute atomic E-state index is 11.9. The molecule has 16 heavy (non-hydrogen) atoms. The summed E-state index contributed by atoms with van der Waals surface area (Å²) < 4.78 is 28.0. The molecule has 0 spiro atoms. The SMILES string of the molecule is CC(C)NS(=O)(=O)N(C)C1CCCNCC1. The van der Waals surface area contributed by atoms with Crippen LogP contribution in [0.5, 0.6) is 0 Å². The summed E-state index contributed by atoms with van der Waals surface area (Å²) >= 11 is 0. The lowest BCUT2D eigenvalue weighted by Gasteiger charge is -2.27. The monoisotopic (exact) mass is 249 g/mol. The predicted molar refractivity (Wildman–Crippen MR) is 65.5 cm³/mol. The van der Waals surface area contributed by atoms with Gasteiger partial charge < -0.3 is 5.32 Å². The summed E-state index contributed by atoms with van der Waals surface area (Å²) in [7, 11) is -1.65. The van der Waals surface area contributed by atoms with Crippen molar-refractivity contribution in [2.24, 2.45) is 0 Å². The Morgan fingerprint density at radius 2 is 2.00 bits per heavy atom. The Morgan fingerprint density at radius 1 is 1.31 bits per heavy atom. The van der Waals surface area contributed by atoms with Gasteiger partial charge in [-0.15, -0.1) is 0 Å². The van der Waals surface area contributed by atoms with Crippen molar-refractivity contribution in [3.05, 3.63) is 0 Å². The van der Waals surface area contributed by atoms with Gasteiger partial charge in [-0.3, -0.25) is 0 Å². The van der Waals surface area contributed by atoms with Gasteiger partial charge in [0.25, 0.3) is 10.2 Å². The highest BCUT2D eigenvalue weighted by Crippen LogP contribution is 2.14. The molecule has 0 aromatic rings. The van der Waals surface area contributed by atoms with E-state index in [1.807, 2.05) is 13.8 Å². The summed E-state index contributed by atoms with van der Waals surface area (Å²) in [6.45, 7) is 5.55. The van der Waals surface area contributed by atoms with Gasteiger partial charge in [-0.1, -0.05) is 0 Å². The topological polar surface area (TPSA) is 61.4 Å². The zero-order chi connectivity index (χ0) is 12.2. The minimum atomic E-state index is -3.32. The number of nitrogens with one attached hydrogen (secondary N) is 2. The largest absolute Gasteiger partial charge is 0.317 e. The third kappa shape index (κ3) is 4.01. The minimum Gasteiger partial charge on any atom is -0.317 e. The molecule has 1 saturated heterocycles. The first-order valence-corrected chi connectivity index (χ1v) is 7.33. The predicted octanol–water partition coefficient (Wildman–Crippen LogP) is 0.303. The maximum atomic E-state index is 11.9. The molecule has 1 unspecified atom stereocenters. The smallest absolute Gasteiger partial charge is 0.279 e. The van der Waals surface area contributed by atoms with Crippen LogP contribution in [0.4, 0.5) is 0 Å². The van der Waals surface area contributed by atoms with Gasteiger partial charge in [0.1, 0.15) is 0 Å². The van der Waals surface area contributed by atoms with E-state index in [9.17, 15) is 8.42 Å². The molecule has 0 bridgehead atoms. The Balaban J connectivity index is 2.63. The number of hydrogen-bond donors (Lipinski definition) is 2. The van der Waals surface area contributed by atoms with Crippen LogP contribution >= 0.6 is 0 Å². The zero-order valence-corrected chi connectivity index (χ0v) is 11.2. The van der Waals surface area contributed by atoms with E-state index in [4.69, 9.17) is 0 Å². The van der Waals surface area contributed by atoms with Crippen molar-refractivity contribution in [2.45, 2.75) is 45.2 Å². The van der Waals surface area contributed by atoms with Crippen molar-refractivity contribution >= 4 is 10.2 Å². The van der Waals surface area contributed by atoms with Crippen molar-refractivity contribution in [3.63, 3.8) is 0 Å². The number of rotatable bonds is 4. The van der Waals surface area contributed by atoms with Gasteiger partial charge in [0.05, 0.1) is 0 Å². The highest BCUT2D eigenvalue weighted by molar-refractivity contribution is 7.87. The Morgan fingerprint density at radius 3 is 2.62 bits per heavy atom. The standard InChI is InChI=1S/C10H23N3O2S/c1-9(2)12-16(14,15)13(3)10-5-4-7-11-8-6-10/h9-12H,4-8H2,1-3H3. The van der Waals surface area contributed by atoms with Gasteiger partial charge in [0.15, 0.2) is 0 Å². The molecule has 1 heterocycles. The van der Waals surface area contributed by atoms with Crippen molar-refractivity contribution in [1.82, 2.24) is 14.3 Å². The first-order valence-electron chi connectivity index (χ1n) is 5.89. The Labute approximate surface area is 98.8 Å². The molecule has 1 atom stereocenters. The van der Waals surface area contributed by atoms with Crippen molar-refractivity contribution < 1.29 is 8.42 Å². The first-order chi connectivity index (χ1) is 7.43. The van der Waals surface area contributed by atoms with Gasteiger partial charge >= 0.3 is 0 Å². The fraction of sp³-hybridized carbons (Fsp3) is 1.00. The van der Waals surface area contributed by atoms with Crippen molar-refractivity contribution in [1.29, 1.82) is 0 Å². The second-order valence-corrected chi connectivity index (χ2v) is 6.39. The van der Waals surface area contributed by atoms with E-state index in [0.717, 1.165) is 32.4 Å². The van der Waals surface area contributed by atoms with Gasteiger partial charge in [0, 0.05) is 19.1 Å². The Hall–Kier alpha value is -0.170. The van der Waals surface area contributed by atoms with Crippen LogP contribution in [-0.2, 0) is 10.2 Å². The van der Waals surface area contributed by atoms with Crippen LogP contribution in [-0.4, -0.2) is 44.9 Å². The molecule has 0 amide bonds. The normalized spacial score (nSPS) is 23.7. The van der Waals surface area contributed by atoms with Crippen molar-refractivity contribution in [2.75, 3.05) is 20.1 Å². The molecule has 0 aromatic heterocycles.